The van der Waals surface area contributed by atoms with E-state index in [4.69, 9.17) is 19.9 Å². The van der Waals surface area contributed by atoms with Crippen molar-refractivity contribution in [1.82, 2.24) is 19.5 Å². The zero-order chi connectivity index (χ0) is 26.6. The molecule has 5 rings (SSSR count). The van der Waals surface area contributed by atoms with E-state index in [0.29, 0.717) is 22.3 Å². The van der Waals surface area contributed by atoms with Crippen molar-refractivity contribution in [3.8, 4) is 0 Å². The van der Waals surface area contributed by atoms with Crippen LogP contribution in [0.2, 0.25) is 0 Å². The lowest BCUT2D eigenvalue weighted by atomic mass is 9.95. The van der Waals surface area contributed by atoms with Crippen molar-refractivity contribution in [2.75, 3.05) is 18.9 Å². The van der Waals surface area contributed by atoms with Crippen molar-refractivity contribution < 1.29 is 24.1 Å². The average molecular weight is 521 g/mol. The molecule has 14 nitrogen and oxygen atoms in total. The Balaban J connectivity index is 1.30. The van der Waals surface area contributed by atoms with Gasteiger partial charge in [0.2, 0.25) is 0 Å². The second kappa shape index (κ2) is 10.8. The Hall–Kier alpha value is -4.53. The normalized spacial score (nSPS) is 18.8. The molecule has 0 spiro atoms. The number of rotatable bonds is 11. The van der Waals surface area contributed by atoms with Gasteiger partial charge in [-0.25, -0.2) is 15.0 Å². The largest absolute Gasteiger partial charge is 0.382 e. The zero-order valence-corrected chi connectivity index (χ0v) is 20.0. The first kappa shape index (κ1) is 25.1. The van der Waals surface area contributed by atoms with Crippen LogP contribution < -0.4 is 5.73 Å². The van der Waals surface area contributed by atoms with E-state index in [1.165, 1.54) is 18.5 Å². The van der Waals surface area contributed by atoms with Gasteiger partial charge in [-0.05, 0) is 12.1 Å². The summed E-state index contributed by atoms with van der Waals surface area (Å²) < 4.78 is 19.5. The van der Waals surface area contributed by atoms with Crippen molar-refractivity contribution in [2.24, 2.45) is 5.92 Å². The molecule has 38 heavy (non-hydrogen) atoms. The van der Waals surface area contributed by atoms with Crippen molar-refractivity contribution in [3.63, 3.8) is 0 Å². The summed E-state index contributed by atoms with van der Waals surface area (Å²) >= 11 is 0. The summed E-state index contributed by atoms with van der Waals surface area (Å²) in [7, 11) is 0. The molecule has 2 aromatic heterocycles. The highest BCUT2D eigenvalue weighted by atomic mass is 16.6. The van der Waals surface area contributed by atoms with Gasteiger partial charge < -0.3 is 19.9 Å². The van der Waals surface area contributed by atoms with Crippen molar-refractivity contribution in [1.29, 1.82) is 0 Å². The number of aromatic nitrogens is 4. The molecule has 14 heteroatoms. The van der Waals surface area contributed by atoms with Crippen LogP contribution >= 0.6 is 0 Å². The molecule has 1 saturated heterocycles. The summed E-state index contributed by atoms with van der Waals surface area (Å²) in [4.78, 5) is 34.2. The monoisotopic (exact) mass is 521 g/mol. The molecule has 0 amide bonds. The first-order valence-corrected chi connectivity index (χ1v) is 11.6. The van der Waals surface area contributed by atoms with Gasteiger partial charge in [0.05, 0.1) is 65.8 Å². The number of nitrogens with two attached hydrogens (primary N) is 1. The first-order chi connectivity index (χ1) is 18.4. The van der Waals surface area contributed by atoms with E-state index in [0.717, 1.165) is 0 Å². The van der Waals surface area contributed by atoms with E-state index in [1.807, 2.05) is 0 Å². The minimum absolute atomic E-state index is 0.0219. The maximum absolute atomic E-state index is 11.3. The Labute approximate surface area is 215 Å². The highest BCUT2D eigenvalue weighted by Gasteiger charge is 2.45. The van der Waals surface area contributed by atoms with Crippen LogP contribution in [0.25, 0.3) is 11.2 Å². The van der Waals surface area contributed by atoms with Gasteiger partial charge in [0.1, 0.15) is 18.1 Å². The van der Waals surface area contributed by atoms with Crippen LogP contribution in [0, 0.1) is 26.1 Å². The molecular formula is C24H23N7O7. The fourth-order valence-electron chi connectivity index (χ4n) is 4.37. The number of nitro groups is 2. The summed E-state index contributed by atoms with van der Waals surface area (Å²) in [5.41, 5.74) is 7.70. The third-order valence-electron chi connectivity index (χ3n) is 6.30. The minimum atomic E-state index is -0.514. The molecule has 1 aliphatic rings. The van der Waals surface area contributed by atoms with Crippen LogP contribution in [0.4, 0.5) is 17.2 Å². The Bertz CT molecular complexity index is 1480. The number of ether oxygens (including phenoxy) is 3. The lowest BCUT2D eigenvalue weighted by Gasteiger charge is -2.44. The van der Waals surface area contributed by atoms with Crippen molar-refractivity contribution in [2.45, 2.75) is 25.5 Å². The third kappa shape index (κ3) is 5.00. The van der Waals surface area contributed by atoms with Gasteiger partial charge >= 0.3 is 0 Å². The van der Waals surface area contributed by atoms with E-state index in [-0.39, 0.29) is 49.5 Å². The predicted octanol–water partition coefficient (Wildman–Crippen LogP) is 3.17. The zero-order valence-electron chi connectivity index (χ0n) is 20.0. The third-order valence-corrected chi connectivity index (χ3v) is 6.30. The number of benzene rings is 2. The summed E-state index contributed by atoms with van der Waals surface area (Å²) in [6, 6.07) is 12.7. The lowest BCUT2D eigenvalue weighted by Crippen LogP contribution is -2.50. The maximum atomic E-state index is 11.3. The molecule has 3 atom stereocenters. The van der Waals surface area contributed by atoms with E-state index in [2.05, 4.69) is 15.0 Å². The van der Waals surface area contributed by atoms with Gasteiger partial charge in [0.25, 0.3) is 11.4 Å². The summed E-state index contributed by atoms with van der Waals surface area (Å²) in [6.45, 7) is 0.398. The Morgan fingerprint density at radius 2 is 1.50 bits per heavy atom. The number of hydrogen-bond donors (Lipinski definition) is 1. The molecule has 0 bridgehead atoms. The summed E-state index contributed by atoms with van der Waals surface area (Å²) in [5, 5.41) is 22.6. The summed E-state index contributed by atoms with van der Waals surface area (Å²) in [5.74, 6) is -0.00119. The van der Waals surface area contributed by atoms with Gasteiger partial charge in [0.15, 0.2) is 11.5 Å². The van der Waals surface area contributed by atoms with Crippen LogP contribution in [0.3, 0.4) is 0 Å². The number of anilines is 1. The van der Waals surface area contributed by atoms with Gasteiger partial charge in [-0.1, -0.05) is 24.3 Å². The second-order valence-electron chi connectivity index (χ2n) is 8.61. The molecule has 196 valence electrons. The Morgan fingerprint density at radius 1 is 0.895 bits per heavy atom. The van der Waals surface area contributed by atoms with Crippen LogP contribution in [0.5, 0.6) is 0 Å². The molecule has 3 heterocycles. The molecule has 1 fully saturated rings. The smallest absolute Gasteiger partial charge is 0.274 e. The Morgan fingerprint density at radius 3 is 2.13 bits per heavy atom. The molecule has 2 N–H and O–H groups in total. The molecule has 2 aromatic carbocycles. The van der Waals surface area contributed by atoms with Gasteiger partial charge in [-0.2, -0.15) is 0 Å². The molecule has 4 aromatic rings. The highest BCUT2D eigenvalue weighted by molar-refractivity contribution is 5.81. The highest BCUT2D eigenvalue weighted by Crippen LogP contribution is 2.40. The predicted molar refractivity (Wildman–Crippen MR) is 133 cm³/mol. The lowest BCUT2D eigenvalue weighted by molar-refractivity contribution is -0.386. The number of fused-ring (bicyclic) bond motifs is 1. The van der Waals surface area contributed by atoms with Gasteiger partial charge in [0, 0.05) is 12.1 Å². The number of imidazole rings is 1. The fourth-order valence-corrected chi connectivity index (χ4v) is 4.37. The average Bonchev–Trinajstić information content (AvgIpc) is 3.33. The molecule has 0 unspecified atom stereocenters. The molecule has 0 saturated carbocycles. The van der Waals surface area contributed by atoms with Crippen LogP contribution in [0.1, 0.15) is 17.4 Å². The molecule has 0 aliphatic carbocycles. The SMILES string of the molecule is Nc1ncnc2c1ncn2[C@@H]1O[C@H](COCc2ccccc2[N+](=O)[O-])[C@H]1COCc1ccccc1[N+](=O)[O-]. The van der Waals surface area contributed by atoms with Crippen LogP contribution in [-0.4, -0.2) is 48.7 Å². The Kier molecular flexibility index (Phi) is 7.17. The van der Waals surface area contributed by atoms with E-state index >= 15 is 0 Å². The number of hydrogen-bond acceptors (Lipinski definition) is 11. The van der Waals surface area contributed by atoms with E-state index in [1.54, 1.807) is 47.3 Å². The first-order valence-electron chi connectivity index (χ1n) is 11.6. The topological polar surface area (TPSA) is 184 Å². The van der Waals surface area contributed by atoms with Gasteiger partial charge in [-0.15, -0.1) is 0 Å². The number of para-hydroxylation sites is 2. The van der Waals surface area contributed by atoms with Crippen LogP contribution in [-0.2, 0) is 27.4 Å². The van der Waals surface area contributed by atoms with Gasteiger partial charge in [-0.3, -0.25) is 24.8 Å². The number of nitro benzene ring substituents is 2. The standard InChI is InChI=1S/C24H23N7O7/c25-22-21-23(27-13-26-22)29(14-28-21)24-17(11-36-9-15-5-1-3-7-18(15)30(32)33)20(38-24)12-37-10-16-6-2-4-8-19(16)31(34)35/h1-8,13-14,17,20,24H,9-12H2,(H2,25,26,27)/t17-,20-,24-/m1/s1. The van der Waals surface area contributed by atoms with E-state index < -0.39 is 22.2 Å². The molecular weight excluding hydrogens is 498 g/mol. The number of nitrogens with zero attached hydrogens (tertiary/aromatic N) is 6. The number of nitrogen functional groups attached to an aromatic ring is 1. The van der Waals surface area contributed by atoms with Crippen LogP contribution in [0.15, 0.2) is 61.2 Å². The molecule has 1 aliphatic heterocycles. The molecule has 0 radical (unpaired) electrons. The summed E-state index contributed by atoms with van der Waals surface area (Å²) in [6.07, 6.45) is 1.96. The van der Waals surface area contributed by atoms with E-state index in [9.17, 15) is 20.2 Å². The quantitative estimate of drug-likeness (QED) is 0.226. The van der Waals surface area contributed by atoms with Crippen molar-refractivity contribution in [3.05, 3.63) is 92.5 Å². The fraction of sp³-hybridized carbons (Fsp3) is 0.292. The second-order valence-corrected chi connectivity index (χ2v) is 8.61. The van der Waals surface area contributed by atoms with Crippen molar-refractivity contribution >= 4 is 28.4 Å². The maximum Gasteiger partial charge on any atom is 0.274 e. The minimum Gasteiger partial charge on any atom is -0.382 e.